The summed E-state index contributed by atoms with van der Waals surface area (Å²) in [6.45, 7) is 0. The van der Waals surface area contributed by atoms with Crippen LogP contribution in [0.1, 0.15) is 22.5 Å². The van der Waals surface area contributed by atoms with Crippen LogP contribution in [-0.4, -0.2) is 19.9 Å². The standard InChI is InChI=1S/C27H17N5S/c1-2-6-18(7-3-1)32-21-10-14-28-16-19(21)27(20-17-29-15-11-22(20)32)25-23(8-4-12-30-25)33-24-9-5-13-31-26(24)27/h1-17H. The summed E-state index contributed by atoms with van der Waals surface area (Å²) in [5.74, 6) is 0. The number of pyridine rings is 4. The van der Waals surface area contributed by atoms with Crippen LogP contribution >= 0.6 is 11.8 Å². The molecule has 0 unspecified atom stereocenters. The quantitative estimate of drug-likeness (QED) is 0.315. The van der Waals surface area contributed by atoms with Crippen molar-refractivity contribution in [1.82, 2.24) is 19.9 Å². The number of aromatic nitrogens is 4. The van der Waals surface area contributed by atoms with Gasteiger partial charge >= 0.3 is 0 Å². The zero-order chi connectivity index (χ0) is 21.8. The second kappa shape index (κ2) is 6.98. The highest BCUT2D eigenvalue weighted by Gasteiger charge is 2.53. The van der Waals surface area contributed by atoms with E-state index < -0.39 is 5.41 Å². The molecule has 1 aromatic carbocycles. The van der Waals surface area contributed by atoms with Crippen molar-refractivity contribution in [3.05, 3.63) is 126 Å². The summed E-state index contributed by atoms with van der Waals surface area (Å²) < 4.78 is 0. The Kier molecular flexibility index (Phi) is 3.92. The molecule has 0 saturated carbocycles. The Morgan fingerprint density at radius 1 is 0.606 bits per heavy atom. The Bertz CT molecular complexity index is 1420. The molecule has 0 N–H and O–H groups in total. The number of anilines is 3. The van der Waals surface area contributed by atoms with Crippen LogP contribution < -0.4 is 4.90 Å². The first-order chi connectivity index (χ1) is 16.4. The fraction of sp³-hybridized carbons (Fsp3) is 0.0370. The second-order valence-corrected chi connectivity index (χ2v) is 9.09. The number of hydrogen-bond acceptors (Lipinski definition) is 6. The Hall–Kier alpha value is -4.03. The maximum atomic E-state index is 4.96. The molecule has 0 bridgehead atoms. The molecule has 0 saturated heterocycles. The van der Waals surface area contributed by atoms with Gasteiger partial charge in [0.05, 0.1) is 22.8 Å². The van der Waals surface area contributed by atoms with E-state index in [0.717, 1.165) is 49.4 Å². The van der Waals surface area contributed by atoms with Gasteiger partial charge in [-0.25, -0.2) is 0 Å². The predicted octanol–water partition coefficient (Wildman–Crippen LogP) is 5.90. The third-order valence-electron chi connectivity index (χ3n) is 6.37. The second-order valence-electron chi connectivity index (χ2n) is 8.01. The summed E-state index contributed by atoms with van der Waals surface area (Å²) >= 11 is 1.72. The monoisotopic (exact) mass is 443 g/mol. The number of rotatable bonds is 1. The zero-order valence-electron chi connectivity index (χ0n) is 17.5. The molecule has 7 rings (SSSR count). The van der Waals surface area contributed by atoms with E-state index in [9.17, 15) is 0 Å². The summed E-state index contributed by atoms with van der Waals surface area (Å²) in [5, 5.41) is 0. The summed E-state index contributed by atoms with van der Waals surface area (Å²) in [7, 11) is 0. The molecule has 0 aliphatic carbocycles. The molecule has 5 nitrogen and oxygen atoms in total. The van der Waals surface area contributed by atoms with Gasteiger partial charge in [0.1, 0.15) is 5.41 Å². The smallest absolute Gasteiger partial charge is 0.114 e. The van der Waals surface area contributed by atoms with Crippen molar-refractivity contribution in [1.29, 1.82) is 0 Å². The molecule has 0 fully saturated rings. The van der Waals surface area contributed by atoms with Crippen molar-refractivity contribution in [3.63, 3.8) is 0 Å². The lowest BCUT2D eigenvalue weighted by atomic mass is 9.66. The van der Waals surface area contributed by atoms with Crippen molar-refractivity contribution >= 4 is 28.8 Å². The minimum atomic E-state index is -0.711. The van der Waals surface area contributed by atoms with Gasteiger partial charge in [0, 0.05) is 63.8 Å². The molecule has 5 aromatic rings. The molecule has 0 atom stereocenters. The summed E-state index contributed by atoms with van der Waals surface area (Å²) in [5.41, 5.74) is 6.54. The number of hydrogen-bond donors (Lipinski definition) is 0. The highest BCUT2D eigenvalue weighted by atomic mass is 32.2. The van der Waals surface area contributed by atoms with Crippen molar-refractivity contribution in [2.75, 3.05) is 4.90 Å². The lowest BCUT2D eigenvalue weighted by molar-refractivity contribution is 0.631. The van der Waals surface area contributed by atoms with Crippen LogP contribution in [0.4, 0.5) is 17.1 Å². The molecule has 1 spiro atoms. The summed E-state index contributed by atoms with van der Waals surface area (Å²) in [4.78, 5) is 23.6. The van der Waals surface area contributed by atoms with Gasteiger partial charge in [-0.2, -0.15) is 0 Å². The molecule has 4 aromatic heterocycles. The van der Waals surface area contributed by atoms with Crippen LogP contribution in [0, 0.1) is 0 Å². The van der Waals surface area contributed by atoms with E-state index in [1.807, 2.05) is 55.4 Å². The molecule has 156 valence electrons. The SMILES string of the molecule is c1ccc(N2c3ccncc3C3(c4cnccc42)c2ncccc2Sc2cccnc23)cc1. The van der Waals surface area contributed by atoms with Gasteiger partial charge in [-0.1, -0.05) is 30.0 Å². The molecule has 0 amide bonds. The fourth-order valence-electron chi connectivity index (χ4n) is 5.12. The minimum Gasteiger partial charge on any atom is -0.310 e. The lowest BCUT2D eigenvalue weighted by Gasteiger charge is -2.46. The van der Waals surface area contributed by atoms with Gasteiger partial charge < -0.3 is 4.90 Å². The van der Waals surface area contributed by atoms with Crippen LogP contribution in [0.5, 0.6) is 0 Å². The van der Waals surface area contributed by atoms with E-state index >= 15 is 0 Å². The topological polar surface area (TPSA) is 54.8 Å². The van der Waals surface area contributed by atoms with Gasteiger partial charge in [0.25, 0.3) is 0 Å². The van der Waals surface area contributed by atoms with Crippen LogP contribution in [0.3, 0.4) is 0 Å². The largest absolute Gasteiger partial charge is 0.310 e. The predicted molar refractivity (Wildman–Crippen MR) is 128 cm³/mol. The van der Waals surface area contributed by atoms with Crippen molar-refractivity contribution < 1.29 is 0 Å². The molecule has 2 aliphatic heterocycles. The molecule has 33 heavy (non-hydrogen) atoms. The van der Waals surface area contributed by atoms with Crippen LogP contribution in [0.15, 0.2) is 114 Å². The number of benzene rings is 1. The van der Waals surface area contributed by atoms with Crippen LogP contribution in [-0.2, 0) is 5.41 Å². The number of fused-ring (bicyclic) bond motifs is 8. The highest BCUT2D eigenvalue weighted by molar-refractivity contribution is 7.99. The van der Waals surface area contributed by atoms with Crippen LogP contribution in [0.2, 0.25) is 0 Å². The Balaban J connectivity index is 1.67. The van der Waals surface area contributed by atoms with Gasteiger partial charge in [-0.3, -0.25) is 19.9 Å². The van der Waals surface area contributed by atoms with Gasteiger partial charge in [-0.15, -0.1) is 0 Å². The van der Waals surface area contributed by atoms with Gasteiger partial charge in [0.15, 0.2) is 0 Å². The van der Waals surface area contributed by atoms with E-state index in [4.69, 9.17) is 9.97 Å². The third-order valence-corrected chi connectivity index (χ3v) is 7.47. The molecule has 2 aliphatic rings. The summed E-state index contributed by atoms with van der Waals surface area (Å²) in [6.07, 6.45) is 11.4. The van der Waals surface area contributed by atoms with E-state index in [1.54, 1.807) is 11.8 Å². The maximum absolute atomic E-state index is 4.96. The zero-order valence-corrected chi connectivity index (χ0v) is 18.3. The van der Waals surface area contributed by atoms with Gasteiger partial charge in [-0.05, 0) is 48.5 Å². The fourth-order valence-corrected chi connectivity index (χ4v) is 6.26. The van der Waals surface area contributed by atoms with E-state index in [-0.39, 0.29) is 0 Å². The van der Waals surface area contributed by atoms with Gasteiger partial charge in [0.2, 0.25) is 0 Å². The first-order valence-electron chi connectivity index (χ1n) is 10.7. The molecular formula is C27H17N5S. The molecule has 6 heterocycles. The average Bonchev–Trinajstić information content (AvgIpc) is 2.89. The van der Waals surface area contributed by atoms with Crippen molar-refractivity contribution in [2.24, 2.45) is 0 Å². The van der Waals surface area contributed by atoms with E-state index in [0.29, 0.717) is 0 Å². The third kappa shape index (κ3) is 2.44. The Labute approximate surface area is 195 Å². The molecular weight excluding hydrogens is 426 g/mol. The van der Waals surface area contributed by atoms with Crippen molar-refractivity contribution in [2.45, 2.75) is 15.2 Å². The van der Waals surface area contributed by atoms with Crippen molar-refractivity contribution in [3.8, 4) is 0 Å². The Morgan fingerprint density at radius 3 is 1.76 bits per heavy atom. The molecule has 6 heteroatoms. The number of nitrogens with zero attached hydrogens (tertiary/aromatic N) is 5. The summed E-state index contributed by atoms with van der Waals surface area (Å²) in [6, 6.07) is 22.8. The first kappa shape index (κ1) is 18.5. The number of para-hydroxylation sites is 1. The van der Waals surface area contributed by atoms with E-state index in [1.165, 1.54) is 0 Å². The normalized spacial score (nSPS) is 14.7. The first-order valence-corrected chi connectivity index (χ1v) is 11.5. The Morgan fingerprint density at radius 2 is 1.18 bits per heavy atom. The van der Waals surface area contributed by atoms with Crippen LogP contribution in [0.25, 0.3) is 0 Å². The highest BCUT2D eigenvalue weighted by Crippen LogP contribution is 2.61. The van der Waals surface area contributed by atoms with E-state index in [2.05, 4.69) is 63.4 Å². The molecule has 0 radical (unpaired) electrons. The lowest BCUT2D eigenvalue weighted by Crippen LogP contribution is -2.41. The maximum Gasteiger partial charge on any atom is 0.114 e. The average molecular weight is 444 g/mol. The minimum absolute atomic E-state index is 0.711.